The number of hydrogen-bond donors (Lipinski definition) is 1. The van der Waals surface area contributed by atoms with Crippen molar-refractivity contribution in [3.05, 3.63) is 53.6 Å². The summed E-state index contributed by atoms with van der Waals surface area (Å²) < 4.78 is 10.7. The van der Waals surface area contributed by atoms with Crippen LogP contribution in [0.25, 0.3) is 0 Å². The molecule has 0 aliphatic heterocycles. The Morgan fingerprint density at radius 1 is 1.05 bits per heavy atom. The first kappa shape index (κ1) is 14.7. The lowest BCUT2D eigenvalue weighted by atomic mass is 10.1. The molecule has 0 fully saturated rings. The van der Waals surface area contributed by atoms with E-state index in [0.717, 1.165) is 28.3 Å². The highest BCUT2D eigenvalue weighted by Gasteiger charge is 2.08. The van der Waals surface area contributed by atoms with Gasteiger partial charge in [-0.2, -0.15) is 5.26 Å². The second-order valence-corrected chi connectivity index (χ2v) is 4.54. The van der Waals surface area contributed by atoms with Crippen LogP contribution < -0.4 is 14.8 Å². The third kappa shape index (κ3) is 3.67. The number of rotatable bonds is 6. The van der Waals surface area contributed by atoms with Gasteiger partial charge in [-0.3, -0.25) is 0 Å². The van der Waals surface area contributed by atoms with Gasteiger partial charge in [0.05, 0.1) is 26.7 Å². The minimum atomic E-state index is 0.435. The fourth-order valence-electron chi connectivity index (χ4n) is 2.12. The van der Waals surface area contributed by atoms with Gasteiger partial charge in [0.25, 0.3) is 0 Å². The zero-order valence-corrected chi connectivity index (χ0v) is 12.2. The van der Waals surface area contributed by atoms with Gasteiger partial charge in [0.15, 0.2) is 11.5 Å². The average molecular weight is 282 g/mol. The lowest BCUT2D eigenvalue weighted by molar-refractivity contribution is 0.352. The lowest BCUT2D eigenvalue weighted by Crippen LogP contribution is -2.03. The summed E-state index contributed by atoms with van der Waals surface area (Å²) in [4.78, 5) is 0. The van der Waals surface area contributed by atoms with Crippen molar-refractivity contribution in [1.29, 1.82) is 5.26 Å². The molecule has 0 heterocycles. The molecule has 0 aliphatic rings. The number of nitrogens with zero attached hydrogens (tertiary/aromatic N) is 1. The number of benzene rings is 2. The SMILES string of the molecule is COc1cccc(CNc2ccc(CC#N)cc2)c1OC. The first-order valence-corrected chi connectivity index (χ1v) is 6.68. The highest BCUT2D eigenvalue weighted by Crippen LogP contribution is 2.31. The summed E-state index contributed by atoms with van der Waals surface area (Å²) in [7, 11) is 3.26. The Hall–Kier alpha value is -2.67. The van der Waals surface area contributed by atoms with Gasteiger partial charge in [-0.1, -0.05) is 24.3 Å². The third-order valence-electron chi connectivity index (χ3n) is 3.20. The van der Waals surface area contributed by atoms with Gasteiger partial charge in [-0.25, -0.2) is 0 Å². The van der Waals surface area contributed by atoms with E-state index in [-0.39, 0.29) is 0 Å². The summed E-state index contributed by atoms with van der Waals surface area (Å²) in [6.45, 7) is 0.637. The van der Waals surface area contributed by atoms with Crippen molar-refractivity contribution < 1.29 is 9.47 Å². The Bertz CT molecular complexity index is 630. The first-order valence-electron chi connectivity index (χ1n) is 6.68. The van der Waals surface area contributed by atoms with E-state index < -0.39 is 0 Å². The maximum atomic E-state index is 8.66. The van der Waals surface area contributed by atoms with Gasteiger partial charge in [-0.15, -0.1) is 0 Å². The van der Waals surface area contributed by atoms with Crippen molar-refractivity contribution in [3.8, 4) is 17.6 Å². The number of ether oxygens (including phenoxy) is 2. The summed E-state index contributed by atoms with van der Waals surface area (Å²) in [6.07, 6.45) is 0.435. The molecule has 2 aromatic carbocycles. The normalized spacial score (nSPS) is 9.76. The van der Waals surface area contributed by atoms with Crippen molar-refractivity contribution in [2.45, 2.75) is 13.0 Å². The molecule has 0 aromatic heterocycles. The van der Waals surface area contributed by atoms with Crippen LogP contribution in [0.2, 0.25) is 0 Å². The van der Waals surface area contributed by atoms with Crippen LogP contribution in [0.5, 0.6) is 11.5 Å². The summed E-state index contributed by atoms with van der Waals surface area (Å²) in [5.41, 5.74) is 3.04. The quantitative estimate of drug-likeness (QED) is 0.882. The van der Waals surface area contributed by atoms with Crippen LogP contribution >= 0.6 is 0 Å². The smallest absolute Gasteiger partial charge is 0.165 e. The Labute approximate surface area is 124 Å². The highest BCUT2D eigenvalue weighted by atomic mass is 16.5. The molecule has 0 radical (unpaired) electrons. The van der Waals surface area contributed by atoms with Crippen LogP contribution in [-0.2, 0) is 13.0 Å². The summed E-state index contributed by atoms with van der Waals surface area (Å²) >= 11 is 0. The summed E-state index contributed by atoms with van der Waals surface area (Å²) in [5, 5.41) is 12.0. The van der Waals surface area contributed by atoms with Gasteiger partial charge in [0.1, 0.15) is 0 Å². The van der Waals surface area contributed by atoms with Crippen molar-refractivity contribution in [2.75, 3.05) is 19.5 Å². The van der Waals surface area contributed by atoms with Gasteiger partial charge in [0.2, 0.25) is 0 Å². The molecule has 0 bridgehead atoms. The molecule has 4 heteroatoms. The van der Waals surface area contributed by atoms with E-state index in [1.807, 2.05) is 42.5 Å². The molecule has 0 aliphatic carbocycles. The number of para-hydroxylation sites is 1. The predicted molar refractivity (Wildman–Crippen MR) is 82.6 cm³/mol. The Morgan fingerprint density at radius 2 is 1.81 bits per heavy atom. The van der Waals surface area contributed by atoms with Gasteiger partial charge < -0.3 is 14.8 Å². The van der Waals surface area contributed by atoms with Gasteiger partial charge in [-0.05, 0) is 23.8 Å². The minimum absolute atomic E-state index is 0.435. The molecule has 4 nitrogen and oxygen atoms in total. The van der Waals surface area contributed by atoms with E-state index >= 15 is 0 Å². The van der Waals surface area contributed by atoms with E-state index in [9.17, 15) is 0 Å². The molecule has 2 rings (SSSR count). The van der Waals surface area contributed by atoms with Crippen LogP contribution in [-0.4, -0.2) is 14.2 Å². The van der Waals surface area contributed by atoms with Crippen molar-refractivity contribution in [1.82, 2.24) is 0 Å². The monoisotopic (exact) mass is 282 g/mol. The van der Waals surface area contributed by atoms with Crippen LogP contribution in [0.15, 0.2) is 42.5 Å². The van der Waals surface area contributed by atoms with Crippen molar-refractivity contribution in [3.63, 3.8) is 0 Å². The fraction of sp³-hybridized carbons (Fsp3) is 0.235. The first-order chi connectivity index (χ1) is 10.3. The van der Waals surface area contributed by atoms with E-state index in [2.05, 4.69) is 11.4 Å². The Balaban J connectivity index is 2.08. The van der Waals surface area contributed by atoms with Crippen LogP contribution in [0.1, 0.15) is 11.1 Å². The molecule has 0 spiro atoms. The molecule has 108 valence electrons. The van der Waals surface area contributed by atoms with E-state index in [1.54, 1.807) is 14.2 Å². The van der Waals surface area contributed by atoms with E-state index in [0.29, 0.717) is 13.0 Å². The molecule has 0 saturated heterocycles. The highest BCUT2D eigenvalue weighted by molar-refractivity contribution is 5.50. The average Bonchev–Trinajstić information content (AvgIpc) is 2.54. The minimum Gasteiger partial charge on any atom is -0.493 e. The maximum absolute atomic E-state index is 8.66. The second-order valence-electron chi connectivity index (χ2n) is 4.54. The predicted octanol–water partition coefficient (Wildman–Crippen LogP) is 3.38. The lowest BCUT2D eigenvalue weighted by Gasteiger charge is -2.13. The Kier molecular flexibility index (Phi) is 5.05. The number of nitriles is 1. The number of methoxy groups -OCH3 is 2. The topological polar surface area (TPSA) is 54.3 Å². The van der Waals surface area contributed by atoms with Crippen molar-refractivity contribution >= 4 is 5.69 Å². The zero-order chi connectivity index (χ0) is 15.1. The molecule has 21 heavy (non-hydrogen) atoms. The van der Waals surface area contributed by atoms with Gasteiger partial charge >= 0.3 is 0 Å². The summed E-state index contributed by atoms with van der Waals surface area (Å²) in [6, 6.07) is 15.8. The molecular formula is C17H18N2O2. The molecule has 2 aromatic rings. The number of anilines is 1. The second kappa shape index (κ2) is 7.20. The van der Waals surface area contributed by atoms with Crippen LogP contribution in [0.3, 0.4) is 0 Å². The molecular weight excluding hydrogens is 264 g/mol. The van der Waals surface area contributed by atoms with Crippen LogP contribution in [0, 0.1) is 11.3 Å². The number of hydrogen-bond acceptors (Lipinski definition) is 4. The fourth-order valence-corrected chi connectivity index (χ4v) is 2.12. The van der Waals surface area contributed by atoms with E-state index in [1.165, 1.54) is 0 Å². The number of nitrogens with one attached hydrogen (secondary N) is 1. The van der Waals surface area contributed by atoms with E-state index in [4.69, 9.17) is 14.7 Å². The van der Waals surface area contributed by atoms with Crippen molar-refractivity contribution in [2.24, 2.45) is 0 Å². The molecule has 0 amide bonds. The Morgan fingerprint density at radius 3 is 2.43 bits per heavy atom. The third-order valence-corrected chi connectivity index (χ3v) is 3.20. The van der Waals surface area contributed by atoms with Crippen LogP contribution in [0.4, 0.5) is 5.69 Å². The molecule has 0 saturated carbocycles. The molecule has 0 atom stereocenters. The molecule has 1 N–H and O–H groups in total. The zero-order valence-electron chi connectivity index (χ0n) is 12.2. The summed E-state index contributed by atoms with van der Waals surface area (Å²) in [5.74, 6) is 1.47. The maximum Gasteiger partial charge on any atom is 0.165 e. The largest absolute Gasteiger partial charge is 0.493 e. The van der Waals surface area contributed by atoms with Gasteiger partial charge in [0, 0.05) is 17.8 Å². The molecule has 0 unspecified atom stereocenters. The standard InChI is InChI=1S/C17H18N2O2/c1-20-16-5-3-4-14(17(16)21-2)12-19-15-8-6-13(7-9-15)10-11-18/h3-9,19H,10,12H2,1-2H3.